The first-order valence-corrected chi connectivity index (χ1v) is 9.89. The largest absolute Gasteiger partial charge is 0.467 e. The summed E-state index contributed by atoms with van der Waals surface area (Å²) in [6.07, 6.45) is 5.42. The van der Waals surface area contributed by atoms with Crippen LogP contribution in [-0.2, 0) is 16.1 Å². The first kappa shape index (κ1) is 19.2. The van der Waals surface area contributed by atoms with Crippen LogP contribution in [0.4, 0.5) is 0 Å². The van der Waals surface area contributed by atoms with Crippen molar-refractivity contribution in [1.29, 1.82) is 0 Å². The third kappa shape index (κ3) is 4.02. The summed E-state index contributed by atoms with van der Waals surface area (Å²) in [5.74, 6) is 0.537. The molecule has 1 N–H and O–H groups in total. The average Bonchev–Trinajstić information content (AvgIpc) is 3.45. The third-order valence-electron chi connectivity index (χ3n) is 4.88. The Morgan fingerprint density at radius 1 is 1.28 bits per heavy atom. The first-order chi connectivity index (χ1) is 14.2. The molecule has 0 radical (unpaired) electrons. The molecule has 1 fully saturated rings. The minimum absolute atomic E-state index is 0.0691. The molecule has 3 aromatic rings. The van der Waals surface area contributed by atoms with Gasteiger partial charge in [-0.15, -0.1) is 0 Å². The van der Waals surface area contributed by atoms with Gasteiger partial charge in [-0.1, -0.05) is 6.07 Å². The number of aromatic nitrogens is 2. The van der Waals surface area contributed by atoms with Crippen LogP contribution in [0.15, 0.2) is 65.5 Å². The molecule has 150 valence electrons. The lowest BCUT2D eigenvalue weighted by atomic mass is 10.0. The molecule has 1 aliphatic rings. The molecule has 0 bridgehead atoms. The van der Waals surface area contributed by atoms with E-state index in [9.17, 15) is 4.79 Å². The van der Waals surface area contributed by atoms with Crippen LogP contribution in [0.25, 0.3) is 0 Å². The highest BCUT2D eigenvalue weighted by Gasteiger charge is 2.42. The second kappa shape index (κ2) is 8.48. The molecule has 4 heterocycles. The molecular weight excluding hydrogens is 388 g/mol. The van der Waals surface area contributed by atoms with E-state index in [4.69, 9.17) is 21.4 Å². The van der Waals surface area contributed by atoms with Gasteiger partial charge in [0.15, 0.2) is 5.11 Å². The van der Waals surface area contributed by atoms with Crippen molar-refractivity contribution in [2.45, 2.75) is 25.6 Å². The van der Waals surface area contributed by atoms with E-state index in [1.165, 1.54) is 0 Å². The number of carbonyl (C=O) groups excluding carboxylic acids is 1. The highest BCUT2D eigenvalue weighted by Crippen LogP contribution is 2.38. The van der Waals surface area contributed by atoms with Gasteiger partial charge in [-0.05, 0) is 55.5 Å². The van der Waals surface area contributed by atoms with Gasteiger partial charge in [-0.3, -0.25) is 9.78 Å². The Morgan fingerprint density at radius 3 is 2.90 bits per heavy atom. The molecule has 4 rings (SSSR count). The topological polar surface area (TPSA) is 72.5 Å². The predicted molar refractivity (Wildman–Crippen MR) is 111 cm³/mol. The van der Waals surface area contributed by atoms with Crippen LogP contribution >= 0.6 is 12.2 Å². The first-order valence-electron chi connectivity index (χ1n) is 9.48. The zero-order valence-electron chi connectivity index (χ0n) is 16.0. The Morgan fingerprint density at radius 2 is 2.17 bits per heavy atom. The summed E-state index contributed by atoms with van der Waals surface area (Å²) in [5, 5.41) is 3.85. The number of nitrogens with one attached hydrogen (secondary N) is 1. The van der Waals surface area contributed by atoms with E-state index in [1.54, 1.807) is 19.4 Å². The second-order valence-corrected chi connectivity index (χ2v) is 7.09. The molecule has 1 aliphatic heterocycles. The fourth-order valence-corrected chi connectivity index (χ4v) is 3.96. The lowest BCUT2D eigenvalue weighted by Gasteiger charge is -2.28. The molecule has 0 spiro atoms. The van der Waals surface area contributed by atoms with Crippen molar-refractivity contribution in [3.05, 3.63) is 78.3 Å². The van der Waals surface area contributed by atoms with E-state index in [2.05, 4.69) is 14.9 Å². The van der Waals surface area contributed by atoms with Crippen molar-refractivity contribution in [1.82, 2.24) is 19.8 Å². The van der Waals surface area contributed by atoms with Crippen molar-refractivity contribution in [2.75, 3.05) is 13.2 Å². The Kier molecular flexibility index (Phi) is 5.62. The van der Waals surface area contributed by atoms with Crippen LogP contribution in [0, 0.1) is 0 Å². The van der Waals surface area contributed by atoms with Crippen LogP contribution in [0.5, 0.6) is 0 Å². The normalized spacial score (nSPS) is 18.7. The minimum atomic E-state index is -0.313. The van der Waals surface area contributed by atoms with Gasteiger partial charge in [-0.25, -0.2) is 0 Å². The number of hydrogen-bond acceptors (Lipinski definition) is 5. The standard InChI is InChI=1S/C21H22N4O3S/c1-2-27-18(26)14-25-20(19(23-21(25)29)16-8-3-4-10-22-16)17-9-5-11-24(17)13-15-7-6-12-28-15/h3-12,19-20H,2,13-14H2,1H3,(H,23,29)/t19-,20-/m0/s1. The van der Waals surface area contributed by atoms with Gasteiger partial charge in [0.25, 0.3) is 0 Å². The lowest BCUT2D eigenvalue weighted by Crippen LogP contribution is -2.36. The molecule has 1 saturated heterocycles. The van der Waals surface area contributed by atoms with Crippen LogP contribution in [-0.4, -0.2) is 38.7 Å². The SMILES string of the molecule is CCOC(=O)CN1C(=S)N[C@@H](c2ccccn2)[C@@H]1c1cccn1Cc1ccco1. The zero-order valence-corrected chi connectivity index (χ0v) is 16.8. The average molecular weight is 410 g/mol. The van der Waals surface area contributed by atoms with Crippen molar-refractivity contribution in [3.8, 4) is 0 Å². The van der Waals surface area contributed by atoms with Crippen molar-refractivity contribution < 1.29 is 13.9 Å². The van der Waals surface area contributed by atoms with E-state index in [0.717, 1.165) is 17.1 Å². The van der Waals surface area contributed by atoms with E-state index < -0.39 is 0 Å². The van der Waals surface area contributed by atoms with Crippen molar-refractivity contribution >= 4 is 23.3 Å². The van der Waals surface area contributed by atoms with Crippen LogP contribution in [0.3, 0.4) is 0 Å². The zero-order chi connectivity index (χ0) is 20.2. The van der Waals surface area contributed by atoms with Crippen LogP contribution in [0.1, 0.15) is 36.2 Å². The maximum absolute atomic E-state index is 12.3. The van der Waals surface area contributed by atoms with Crippen molar-refractivity contribution in [2.24, 2.45) is 0 Å². The number of furan rings is 1. The van der Waals surface area contributed by atoms with Gasteiger partial charge in [0.05, 0.1) is 37.2 Å². The van der Waals surface area contributed by atoms with Crippen LogP contribution in [0.2, 0.25) is 0 Å². The third-order valence-corrected chi connectivity index (χ3v) is 5.23. The highest BCUT2D eigenvalue weighted by molar-refractivity contribution is 7.80. The van der Waals surface area contributed by atoms with Gasteiger partial charge in [0.2, 0.25) is 0 Å². The summed E-state index contributed by atoms with van der Waals surface area (Å²) in [4.78, 5) is 18.6. The fourth-order valence-electron chi connectivity index (χ4n) is 3.65. The molecule has 0 aromatic carbocycles. The summed E-state index contributed by atoms with van der Waals surface area (Å²) in [5.41, 5.74) is 1.87. The molecule has 8 heteroatoms. The number of thiocarbonyl (C=S) groups is 1. The van der Waals surface area contributed by atoms with Crippen LogP contribution < -0.4 is 5.32 Å². The number of pyridine rings is 1. The summed E-state index contributed by atoms with van der Waals surface area (Å²) in [7, 11) is 0. The fraction of sp³-hybridized carbons (Fsp3) is 0.286. The number of rotatable bonds is 7. The molecule has 0 aliphatic carbocycles. The molecule has 3 aromatic heterocycles. The number of carbonyl (C=O) groups is 1. The maximum Gasteiger partial charge on any atom is 0.325 e. The number of esters is 1. The highest BCUT2D eigenvalue weighted by atomic mass is 32.1. The Bertz CT molecular complexity index is 971. The quantitative estimate of drug-likeness (QED) is 0.474. The Balaban J connectivity index is 1.71. The van der Waals surface area contributed by atoms with E-state index >= 15 is 0 Å². The Labute approximate surface area is 174 Å². The smallest absolute Gasteiger partial charge is 0.325 e. The lowest BCUT2D eigenvalue weighted by molar-refractivity contribution is -0.143. The monoisotopic (exact) mass is 410 g/mol. The summed E-state index contributed by atoms with van der Waals surface area (Å²) >= 11 is 5.58. The van der Waals surface area contributed by atoms with E-state index in [-0.39, 0.29) is 24.6 Å². The van der Waals surface area contributed by atoms with Gasteiger partial charge >= 0.3 is 5.97 Å². The van der Waals surface area contributed by atoms with Gasteiger partial charge < -0.3 is 23.9 Å². The molecule has 29 heavy (non-hydrogen) atoms. The molecule has 0 unspecified atom stereocenters. The molecule has 7 nitrogen and oxygen atoms in total. The van der Waals surface area contributed by atoms with Gasteiger partial charge in [-0.2, -0.15) is 0 Å². The van der Waals surface area contributed by atoms with Gasteiger partial charge in [0, 0.05) is 18.1 Å². The summed E-state index contributed by atoms with van der Waals surface area (Å²) in [6.45, 7) is 2.78. The summed E-state index contributed by atoms with van der Waals surface area (Å²) < 4.78 is 12.8. The number of hydrogen-bond donors (Lipinski definition) is 1. The molecule has 0 saturated carbocycles. The Hall–Kier alpha value is -3.13. The molecular formula is C21H22N4O3S. The van der Waals surface area contributed by atoms with E-state index in [1.807, 2.05) is 53.6 Å². The van der Waals surface area contributed by atoms with Gasteiger partial charge in [0.1, 0.15) is 12.3 Å². The minimum Gasteiger partial charge on any atom is -0.467 e. The van der Waals surface area contributed by atoms with Crippen molar-refractivity contribution in [3.63, 3.8) is 0 Å². The molecule has 0 amide bonds. The summed E-state index contributed by atoms with van der Waals surface area (Å²) in [6, 6.07) is 13.2. The number of nitrogens with zero attached hydrogens (tertiary/aromatic N) is 3. The van der Waals surface area contributed by atoms with E-state index in [0.29, 0.717) is 18.3 Å². The predicted octanol–water partition coefficient (Wildman–Crippen LogP) is 3.06. The molecule has 2 atom stereocenters. The maximum atomic E-state index is 12.3. The second-order valence-electron chi connectivity index (χ2n) is 6.70. The number of ether oxygens (including phenoxy) is 1.